The van der Waals surface area contributed by atoms with Crippen LogP contribution in [0.5, 0.6) is 5.75 Å². The van der Waals surface area contributed by atoms with Crippen molar-refractivity contribution in [3.8, 4) is 5.75 Å². The van der Waals surface area contributed by atoms with Gasteiger partial charge in [-0.25, -0.2) is 0 Å². The number of phenols is 1. The highest BCUT2D eigenvalue weighted by atomic mass is 32.1. The van der Waals surface area contributed by atoms with E-state index in [9.17, 15) is 5.11 Å². The van der Waals surface area contributed by atoms with E-state index in [2.05, 4.69) is 64.7 Å². The molecule has 0 bridgehead atoms. The largest absolute Gasteiger partial charge is 0.508 e. The van der Waals surface area contributed by atoms with Gasteiger partial charge in [-0.2, -0.15) is 0 Å². The zero-order valence-corrected chi connectivity index (χ0v) is 29.6. The number of phenolic OH excluding ortho intramolecular Hbond substituents is 1. The number of likely N-dealkylation sites (tertiary alicyclic amines) is 1. The van der Waals surface area contributed by atoms with Gasteiger partial charge in [0.15, 0.2) is 10.2 Å². The quantitative estimate of drug-likeness (QED) is 0.183. The summed E-state index contributed by atoms with van der Waals surface area (Å²) in [6.45, 7) is 15.8. The Bertz CT molecular complexity index is 1070. The third kappa shape index (κ3) is 8.79. The summed E-state index contributed by atoms with van der Waals surface area (Å²) in [6, 6.07) is 9.70. The Hall–Kier alpha value is -1.64. The smallest absolute Gasteiger partial charge is 0.172 e. The van der Waals surface area contributed by atoms with Gasteiger partial charge in [-0.3, -0.25) is 4.90 Å². The van der Waals surface area contributed by atoms with Gasteiger partial charge in [0.05, 0.1) is 6.04 Å². The summed E-state index contributed by atoms with van der Waals surface area (Å²) in [4.78, 5) is 10.6. The maximum absolute atomic E-state index is 9.91. The Kier molecular flexibility index (Phi) is 12.1. The summed E-state index contributed by atoms with van der Waals surface area (Å²) in [5, 5.41) is 15.4. The van der Waals surface area contributed by atoms with Crippen LogP contribution >= 0.6 is 24.4 Å². The number of benzene rings is 1. The first-order valence-electron chi connectivity index (χ1n) is 17.8. The van der Waals surface area contributed by atoms with Crippen molar-refractivity contribution in [3.63, 3.8) is 0 Å². The lowest BCUT2D eigenvalue weighted by molar-refractivity contribution is 0.147. The fraction of sp³-hybridized carbons (Fsp3) is 0.778. The lowest BCUT2D eigenvalue weighted by Gasteiger charge is -2.38. The zero-order valence-electron chi connectivity index (χ0n) is 27.9. The average Bonchev–Trinajstić information content (AvgIpc) is 3.56. The van der Waals surface area contributed by atoms with E-state index in [1.807, 2.05) is 12.1 Å². The van der Waals surface area contributed by atoms with Crippen LogP contribution in [0.4, 0.5) is 0 Å². The van der Waals surface area contributed by atoms with E-state index in [-0.39, 0.29) is 0 Å². The van der Waals surface area contributed by atoms with Crippen LogP contribution < -0.4 is 5.32 Å². The minimum absolute atomic E-state index is 0.339. The summed E-state index contributed by atoms with van der Waals surface area (Å²) in [5.41, 5.74) is 1.29. The van der Waals surface area contributed by atoms with Crippen LogP contribution in [0.3, 0.4) is 0 Å². The minimum atomic E-state index is 0.339. The highest BCUT2D eigenvalue weighted by Crippen LogP contribution is 2.32. The molecule has 1 saturated carbocycles. The number of nitrogens with one attached hydrogen (secondary N) is 1. The highest BCUT2D eigenvalue weighted by molar-refractivity contribution is 7.80. The fourth-order valence-electron chi connectivity index (χ4n) is 8.41. The van der Waals surface area contributed by atoms with Crippen molar-refractivity contribution in [2.75, 3.05) is 39.3 Å². The van der Waals surface area contributed by atoms with Gasteiger partial charge < -0.3 is 25.1 Å². The second kappa shape index (κ2) is 15.8. The average molecular weight is 642 g/mol. The van der Waals surface area contributed by atoms with Gasteiger partial charge in [0.25, 0.3) is 0 Å². The number of nitrogens with zero attached hydrogens (tertiary/aromatic N) is 4. The Labute approximate surface area is 278 Å². The van der Waals surface area contributed by atoms with Crippen LogP contribution in [0.1, 0.15) is 97.5 Å². The number of hydrogen-bond donors (Lipinski definition) is 2. The van der Waals surface area contributed by atoms with E-state index in [0.29, 0.717) is 41.8 Å². The van der Waals surface area contributed by atoms with Gasteiger partial charge in [0.1, 0.15) is 5.75 Å². The molecular formula is C36H59N5OS2. The first kappa shape index (κ1) is 33.7. The lowest BCUT2D eigenvalue weighted by atomic mass is 9.98. The van der Waals surface area contributed by atoms with Crippen LogP contribution in [0.15, 0.2) is 24.3 Å². The highest BCUT2D eigenvalue weighted by Gasteiger charge is 2.41. The van der Waals surface area contributed by atoms with Crippen molar-refractivity contribution in [2.45, 2.75) is 122 Å². The van der Waals surface area contributed by atoms with Gasteiger partial charge in [0, 0.05) is 50.8 Å². The predicted octanol–water partition coefficient (Wildman–Crippen LogP) is 6.66. The molecule has 1 aromatic rings. The van der Waals surface area contributed by atoms with E-state index in [4.69, 9.17) is 24.4 Å². The fourth-order valence-corrected chi connectivity index (χ4v) is 9.17. The molecule has 0 spiro atoms. The number of aromatic hydroxyl groups is 1. The lowest BCUT2D eigenvalue weighted by Crippen LogP contribution is -2.51. The van der Waals surface area contributed by atoms with Crippen molar-refractivity contribution in [1.82, 2.24) is 24.9 Å². The molecule has 1 aliphatic carbocycles. The molecular weight excluding hydrogens is 583 g/mol. The van der Waals surface area contributed by atoms with Crippen LogP contribution in [0.2, 0.25) is 0 Å². The molecule has 3 aliphatic heterocycles. The molecule has 4 atom stereocenters. The van der Waals surface area contributed by atoms with Crippen molar-refractivity contribution in [3.05, 3.63) is 29.8 Å². The molecule has 0 aromatic heterocycles. The van der Waals surface area contributed by atoms with Crippen molar-refractivity contribution >= 4 is 34.7 Å². The summed E-state index contributed by atoms with van der Waals surface area (Å²) >= 11 is 12.2. The molecule has 4 fully saturated rings. The van der Waals surface area contributed by atoms with Gasteiger partial charge >= 0.3 is 0 Å². The van der Waals surface area contributed by atoms with Crippen LogP contribution in [0, 0.1) is 17.8 Å². The Balaban J connectivity index is 1.32. The van der Waals surface area contributed by atoms with E-state index in [0.717, 1.165) is 61.7 Å². The molecule has 4 aliphatic rings. The molecule has 0 unspecified atom stereocenters. The first-order valence-corrected chi connectivity index (χ1v) is 18.6. The number of rotatable bonds is 13. The van der Waals surface area contributed by atoms with Gasteiger partial charge in [-0.05, 0) is 111 Å². The van der Waals surface area contributed by atoms with Crippen molar-refractivity contribution < 1.29 is 5.11 Å². The Morgan fingerprint density at radius 2 is 1.57 bits per heavy atom. The summed E-state index contributed by atoms with van der Waals surface area (Å²) in [5.74, 6) is 2.36. The van der Waals surface area contributed by atoms with E-state index in [1.165, 1.54) is 69.9 Å². The molecule has 5 rings (SSSR count). The third-order valence-corrected chi connectivity index (χ3v) is 11.5. The van der Waals surface area contributed by atoms with E-state index >= 15 is 0 Å². The Morgan fingerprint density at radius 1 is 0.841 bits per heavy atom. The normalized spacial score (nSPS) is 26.3. The van der Waals surface area contributed by atoms with E-state index in [1.54, 1.807) is 0 Å². The third-order valence-electron chi connectivity index (χ3n) is 10.6. The molecule has 3 saturated heterocycles. The second-order valence-corrected chi connectivity index (χ2v) is 15.9. The number of hydrogen-bond acceptors (Lipinski definition) is 4. The summed E-state index contributed by atoms with van der Waals surface area (Å²) < 4.78 is 0. The molecule has 1 aromatic carbocycles. The second-order valence-electron chi connectivity index (χ2n) is 15.2. The molecule has 3 heterocycles. The maximum Gasteiger partial charge on any atom is 0.172 e. The van der Waals surface area contributed by atoms with Crippen LogP contribution in [0.25, 0.3) is 0 Å². The monoisotopic (exact) mass is 641 g/mol. The molecule has 6 nitrogen and oxygen atoms in total. The van der Waals surface area contributed by atoms with Crippen LogP contribution in [-0.4, -0.2) is 98.4 Å². The molecule has 2 N–H and O–H groups in total. The van der Waals surface area contributed by atoms with Crippen LogP contribution in [-0.2, 0) is 6.42 Å². The maximum atomic E-state index is 9.91. The molecule has 44 heavy (non-hydrogen) atoms. The molecule has 0 amide bonds. The van der Waals surface area contributed by atoms with E-state index < -0.39 is 0 Å². The summed E-state index contributed by atoms with van der Waals surface area (Å²) in [7, 11) is 0. The van der Waals surface area contributed by atoms with Gasteiger partial charge in [-0.15, -0.1) is 0 Å². The van der Waals surface area contributed by atoms with Crippen molar-refractivity contribution in [2.24, 2.45) is 17.8 Å². The zero-order chi connectivity index (χ0) is 31.2. The SMILES string of the molecule is CC(C)C[C@H]1CNC(=S)N1C[C@H]1CCCN1C[C@H](CC(C)C)N1C[C@H](Cc2ccc(O)cc2)N(CC2CCCCCC2)C1=S. The minimum Gasteiger partial charge on any atom is -0.508 e. The van der Waals surface area contributed by atoms with Crippen molar-refractivity contribution in [1.29, 1.82) is 0 Å². The van der Waals surface area contributed by atoms with Gasteiger partial charge in [0.2, 0.25) is 0 Å². The predicted molar refractivity (Wildman–Crippen MR) is 191 cm³/mol. The standard InChI is InChI=1S/C36H59N5OS2/c1-26(2)18-31-21-37-35(43)39(31)24-30-12-9-17-38(30)23-32(19-27(3)4)41-25-33(20-28-13-15-34(42)16-14-28)40(36(41)44)22-29-10-7-5-6-8-11-29/h13-16,26-27,29-33,42H,5-12,17-25H2,1-4H3,(H,37,43)/t30-,31+,32+,33+/m1/s1. The number of thiocarbonyl (C=S) groups is 2. The Morgan fingerprint density at radius 3 is 2.25 bits per heavy atom. The first-order chi connectivity index (χ1) is 21.2. The summed E-state index contributed by atoms with van der Waals surface area (Å²) in [6.07, 6.45) is 14.0. The van der Waals surface area contributed by atoms with Gasteiger partial charge in [-0.1, -0.05) is 65.5 Å². The molecule has 0 radical (unpaired) electrons. The molecule has 246 valence electrons. The molecule has 8 heteroatoms. The topological polar surface area (TPSA) is 45.2 Å².